The lowest BCUT2D eigenvalue weighted by Gasteiger charge is -2.05. The van der Waals surface area contributed by atoms with Crippen molar-refractivity contribution in [3.05, 3.63) is 47.4 Å². The number of aryl methyl sites for hydroxylation is 1. The van der Waals surface area contributed by atoms with Gasteiger partial charge in [-0.15, -0.1) is 0 Å². The van der Waals surface area contributed by atoms with E-state index in [2.05, 4.69) is 0 Å². The quantitative estimate of drug-likeness (QED) is 0.910. The Kier molecular flexibility index (Phi) is 4.04. The van der Waals surface area contributed by atoms with Crippen LogP contribution in [0.4, 0.5) is 0 Å². The number of carboxylic acids is 1. The highest BCUT2D eigenvalue weighted by Crippen LogP contribution is 2.20. The average Bonchev–Trinajstić information content (AvgIpc) is 2.77. The summed E-state index contributed by atoms with van der Waals surface area (Å²) in [6.45, 7) is 1.57. The van der Waals surface area contributed by atoms with Crippen molar-refractivity contribution in [2.24, 2.45) is 0 Å². The molecule has 0 aliphatic heterocycles. The number of aromatic carboxylic acids is 1. The highest BCUT2D eigenvalue weighted by atomic mass is 32.2. The van der Waals surface area contributed by atoms with Crippen LogP contribution in [-0.4, -0.2) is 25.7 Å². The minimum atomic E-state index is -3.30. The monoisotopic (exact) mass is 310 g/mol. The second-order valence-corrected chi connectivity index (χ2v) is 6.54. The Labute approximate surface area is 121 Å². The third kappa shape index (κ3) is 3.63. The molecule has 0 fully saturated rings. The lowest BCUT2D eigenvalue weighted by Crippen LogP contribution is -1.99. The summed E-state index contributed by atoms with van der Waals surface area (Å²) >= 11 is 0. The Morgan fingerprint density at radius 2 is 2.05 bits per heavy atom. The first-order chi connectivity index (χ1) is 9.77. The molecule has 2 aromatic rings. The van der Waals surface area contributed by atoms with Crippen molar-refractivity contribution in [1.29, 1.82) is 0 Å². The molecule has 2 rings (SSSR count). The number of benzene rings is 1. The zero-order chi connectivity index (χ0) is 15.6. The van der Waals surface area contributed by atoms with E-state index in [9.17, 15) is 13.2 Å². The van der Waals surface area contributed by atoms with Crippen LogP contribution >= 0.6 is 0 Å². The van der Waals surface area contributed by atoms with E-state index < -0.39 is 15.8 Å². The third-order valence-corrected chi connectivity index (χ3v) is 3.92. The first-order valence-corrected chi connectivity index (χ1v) is 7.92. The molecule has 7 heteroatoms. The smallest absolute Gasteiger partial charge is 0.339 e. The lowest BCUT2D eigenvalue weighted by molar-refractivity contribution is 0.0695. The number of ether oxygens (including phenoxy) is 1. The van der Waals surface area contributed by atoms with E-state index in [1.165, 1.54) is 18.2 Å². The van der Waals surface area contributed by atoms with Crippen molar-refractivity contribution in [1.82, 2.24) is 0 Å². The predicted molar refractivity (Wildman–Crippen MR) is 74.3 cm³/mol. The molecule has 0 atom stereocenters. The topological polar surface area (TPSA) is 93.8 Å². The van der Waals surface area contributed by atoms with Crippen LogP contribution in [0.2, 0.25) is 0 Å². The highest BCUT2D eigenvalue weighted by Gasteiger charge is 2.14. The molecule has 0 bridgehead atoms. The maximum Gasteiger partial charge on any atom is 0.339 e. The van der Waals surface area contributed by atoms with Crippen molar-refractivity contribution in [3.63, 3.8) is 0 Å². The molecule has 112 valence electrons. The molecule has 0 saturated heterocycles. The largest absolute Gasteiger partial charge is 0.486 e. The summed E-state index contributed by atoms with van der Waals surface area (Å²) < 4.78 is 33.6. The summed E-state index contributed by atoms with van der Waals surface area (Å²) in [5, 5.41) is 8.92. The highest BCUT2D eigenvalue weighted by molar-refractivity contribution is 7.90. The van der Waals surface area contributed by atoms with Gasteiger partial charge in [0.2, 0.25) is 0 Å². The van der Waals surface area contributed by atoms with Crippen LogP contribution in [-0.2, 0) is 16.4 Å². The zero-order valence-corrected chi connectivity index (χ0v) is 12.3. The maximum absolute atomic E-state index is 11.4. The fraction of sp³-hybridized carbons (Fsp3) is 0.214. The molecular formula is C14H14O6S. The van der Waals surface area contributed by atoms with Gasteiger partial charge in [-0.3, -0.25) is 0 Å². The van der Waals surface area contributed by atoms with E-state index in [0.29, 0.717) is 17.3 Å². The Bertz CT molecular complexity index is 773. The van der Waals surface area contributed by atoms with Gasteiger partial charge in [-0.25, -0.2) is 13.2 Å². The Balaban J connectivity index is 2.13. The summed E-state index contributed by atoms with van der Waals surface area (Å²) in [4.78, 5) is 11.1. The second-order valence-electron chi connectivity index (χ2n) is 4.52. The first-order valence-electron chi connectivity index (χ1n) is 6.03. The molecule has 1 aromatic heterocycles. The van der Waals surface area contributed by atoms with Crippen LogP contribution < -0.4 is 4.74 Å². The predicted octanol–water partition coefficient (Wildman–Crippen LogP) is 2.27. The number of rotatable bonds is 5. The number of furan rings is 1. The second kappa shape index (κ2) is 5.61. The number of hydrogen-bond acceptors (Lipinski definition) is 5. The minimum absolute atomic E-state index is 0.0152. The maximum atomic E-state index is 11.4. The standard InChI is InChI=1S/C14H14O6S/c1-9-13(14(15)16)7-11(20-9)8-19-10-4-3-5-12(6-10)21(2,17)18/h3-7H,8H2,1-2H3,(H,15,16). The van der Waals surface area contributed by atoms with Crippen LogP contribution in [0, 0.1) is 6.92 Å². The molecule has 0 radical (unpaired) electrons. The van der Waals surface area contributed by atoms with Gasteiger partial charge in [-0.1, -0.05) is 6.07 Å². The molecule has 1 N–H and O–H groups in total. The van der Waals surface area contributed by atoms with Gasteiger partial charge in [0.05, 0.1) is 4.90 Å². The van der Waals surface area contributed by atoms with E-state index in [4.69, 9.17) is 14.3 Å². The van der Waals surface area contributed by atoms with Crippen LogP contribution in [0.3, 0.4) is 0 Å². The van der Waals surface area contributed by atoms with E-state index in [1.807, 2.05) is 0 Å². The Morgan fingerprint density at radius 3 is 2.62 bits per heavy atom. The number of sulfone groups is 1. The molecular weight excluding hydrogens is 296 g/mol. The number of hydrogen-bond donors (Lipinski definition) is 1. The molecule has 6 nitrogen and oxygen atoms in total. The summed E-state index contributed by atoms with van der Waals surface area (Å²) in [5.74, 6) is -0.0499. The third-order valence-electron chi connectivity index (χ3n) is 2.81. The Hall–Kier alpha value is -2.28. The van der Waals surface area contributed by atoms with Gasteiger partial charge < -0.3 is 14.3 Å². The fourth-order valence-corrected chi connectivity index (χ4v) is 2.43. The molecule has 0 aliphatic carbocycles. The van der Waals surface area contributed by atoms with Crippen molar-refractivity contribution < 1.29 is 27.5 Å². The summed E-state index contributed by atoms with van der Waals surface area (Å²) in [7, 11) is -3.30. The minimum Gasteiger partial charge on any atom is -0.486 e. The van der Waals surface area contributed by atoms with Crippen LogP contribution in [0.5, 0.6) is 5.75 Å². The molecule has 0 unspecified atom stereocenters. The average molecular weight is 310 g/mol. The molecule has 0 spiro atoms. The molecule has 0 aliphatic rings. The number of carbonyl (C=O) groups is 1. The lowest BCUT2D eigenvalue weighted by atomic mass is 10.2. The molecule has 1 aromatic carbocycles. The van der Waals surface area contributed by atoms with Crippen molar-refractivity contribution in [2.45, 2.75) is 18.4 Å². The van der Waals surface area contributed by atoms with Gasteiger partial charge in [-0.2, -0.15) is 0 Å². The summed E-state index contributed by atoms with van der Waals surface area (Å²) in [6.07, 6.45) is 1.11. The molecule has 0 saturated carbocycles. The van der Waals surface area contributed by atoms with E-state index >= 15 is 0 Å². The van der Waals surface area contributed by atoms with Crippen LogP contribution in [0.25, 0.3) is 0 Å². The van der Waals surface area contributed by atoms with E-state index in [1.54, 1.807) is 19.1 Å². The summed E-state index contributed by atoms with van der Waals surface area (Å²) in [5.41, 5.74) is 0.0819. The van der Waals surface area contributed by atoms with Gasteiger partial charge in [0.15, 0.2) is 9.84 Å². The Morgan fingerprint density at radius 1 is 1.33 bits per heavy atom. The van der Waals surface area contributed by atoms with Gasteiger partial charge in [0.1, 0.15) is 29.4 Å². The van der Waals surface area contributed by atoms with Gasteiger partial charge in [0, 0.05) is 6.26 Å². The molecule has 21 heavy (non-hydrogen) atoms. The van der Waals surface area contributed by atoms with Crippen molar-refractivity contribution in [2.75, 3.05) is 6.26 Å². The van der Waals surface area contributed by atoms with E-state index in [0.717, 1.165) is 6.26 Å². The first kappa shape index (κ1) is 15.1. The zero-order valence-electron chi connectivity index (χ0n) is 11.5. The van der Waals surface area contributed by atoms with Crippen molar-refractivity contribution in [3.8, 4) is 5.75 Å². The SMILES string of the molecule is Cc1oc(COc2cccc(S(C)(=O)=O)c2)cc1C(=O)O. The molecule has 0 amide bonds. The van der Waals surface area contributed by atoms with Crippen LogP contribution in [0.1, 0.15) is 21.9 Å². The van der Waals surface area contributed by atoms with E-state index in [-0.39, 0.29) is 17.1 Å². The van der Waals surface area contributed by atoms with Gasteiger partial charge >= 0.3 is 5.97 Å². The number of carboxylic acid groups (broad SMARTS) is 1. The van der Waals surface area contributed by atoms with Crippen LogP contribution in [0.15, 0.2) is 39.6 Å². The van der Waals surface area contributed by atoms with Crippen molar-refractivity contribution >= 4 is 15.8 Å². The fourth-order valence-electron chi connectivity index (χ4n) is 1.78. The summed E-state index contributed by atoms with van der Waals surface area (Å²) in [6, 6.07) is 7.45. The van der Waals surface area contributed by atoms with Gasteiger partial charge in [0.25, 0.3) is 0 Å². The van der Waals surface area contributed by atoms with Gasteiger partial charge in [-0.05, 0) is 31.2 Å². The molecule has 1 heterocycles. The normalized spacial score (nSPS) is 11.3.